The Morgan fingerprint density at radius 3 is 2.55 bits per heavy atom. The number of aromatic nitrogens is 2. The predicted octanol–water partition coefficient (Wildman–Crippen LogP) is 1.87. The number of ether oxygens (including phenoxy) is 3. The Morgan fingerprint density at radius 2 is 1.90 bits per heavy atom. The number of nitrogens with two attached hydrogens (primary N) is 1. The number of nitrogen functional groups attached to an aromatic ring is 1. The highest BCUT2D eigenvalue weighted by Crippen LogP contribution is 2.36. The molecule has 2 N–H and O–H groups in total. The van der Waals surface area contributed by atoms with Crippen LogP contribution in [0.25, 0.3) is 11.5 Å². The Balaban J connectivity index is 2.34. The van der Waals surface area contributed by atoms with E-state index in [2.05, 4.69) is 10.1 Å². The molecule has 0 radical (unpaired) electrons. The molecule has 7 nitrogen and oxygen atoms in total. The van der Waals surface area contributed by atoms with Crippen molar-refractivity contribution in [2.24, 2.45) is 0 Å². The molecule has 0 atom stereocenters. The molecule has 108 valence electrons. The molecule has 0 fully saturated rings. The first-order chi connectivity index (χ1) is 9.69. The lowest BCUT2D eigenvalue weighted by molar-refractivity contribution is 0.126. The molecule has 0 aliphatic heterocycles. The van der Waals surface area contributed by atoms with Crippen molar-refractivity contribution in [1.82, 2.24) is 10.1 Å². The molecule has 0 amide bonds. The normalized spacial score (nSPS) is 10.6. The first kappa shape index (κ1) is 14.1. The summed E-state index contributed by atoms with van der Waals surface area (Å²) in [5.41, 5.74) is 7.03. The number of anilines is 1. The summed E-state index contributed by atoms with van der Waals surface area (Å²) in [5.74, 6) is 1.87. The van der Waals surface area contributed by atoms with E-state index in [0.717, 1.165) is 0 Å². The summed E-state index contributed by atoms with van der Waals surface area (Å²) in [5, 5.41) is 3.83. The van der Waals surface area contributed by atoms with Gasteiger partial charge in [-0.05, 0) is 13.0 Å². The zero-order valence-electron chi connectivity index (χ0n) is 11.7. The van der Waals surface area contributed by atoms with Crippen LogP contribution in [0.4, 0.5) is 5.69 Å². The number of methoxy groups -OCH3 is 2. The van der Waals surface area contributed by atoms with E-state index in [0.29, 0.717) is 47.7 Å². The quantitative estimate of drug-likeness (QED) is 0.807. The van der Waals surface area contributed by atoms with Crippen LogP contribution >= 0.6 is 0 Å². The van der Waals surface area contributed by atoms with Crippen molar-refractivity contribution in [3.05, 3.63) is 18.0 Å². The average molecular weight is 279 g/mol. The zero-order chi connectivity index (χ0) is 14.5. The van der Waals surface area contributed by atoms with Gasteiger partial charge < -0.3 is 24.5 Å². The van der Waals surface area contributed by atoms with Crippen LogP contribution in [-0.4, -0.2) is 31.0 Å². The Kier molecular flexibility index (Phi) is 4.41. The molecule has 0 aliphatic rings. The van der Waals surface area contributed by atoms with Crippen LogP contribution in [0.15, 0.2) is 16.7 Å². The summed E-state index contributed by atoms with van der Waals surface area (Å²) >= 11 is 0. The van der Waals surface area contributed by atoms with Crippen LogP contribution in [0.1, 0.15) is 12.7 Å². The van der Waals surface area contributed by atoms with E-state index in [1.807, 2.05) is 6.92 Å². The van der Waals surface area contributed by atoms with Crippen molar-refractivity contribution < 1.29 is 18.7 Å². The second-order valence-corrected chi connectivity index (χ2v) is 3.95. The summed E-state index contributed by atoms with van der Waals surface area (Å²) in [6.07, 6.45) is 0. The van der Waals surface area contributed by atoms with Crippen LogP contribution in [0, 0.1) is 0 Å². The molecule has 1 aromatic heterocycles. The van der Waals surface area contributed by atoms with E-state index in [1.54, 1.807) is 26.4 Å². The number of benzene rings is 1. The average Bonchev–Trinajstić information content (AvgIpc) is 2.93. The molecule has 0 aliphatic carbocycles. The molecule has 0 spiro atoms. The van der Waals surface area contributed by atoms with E-state index in [9.17, 15) is 0 Å². The second-order valence-electron chi connectivity index (χ2n) is 3.95. The third-order valence-electron chi connectivity index (χ3n) is 2.69. The smallest absolute Gasteiger partial charge is 0.260 e. The van der Waals surface area contributed by atoms with E-state index in [-0.39, 0.29) is 0 Å². The highest BCUT2D eigenvalue weighted by molar-refractivity contribution is 5.75. The van der Waals surface area contributed by atoms with Gasteiger partial charge in [-0.1, -0.05) is 5.16 Å². The molecule has 0 bridgehead atoms. The summed E-state index contributed by atoms with van der Waals surface area (Å²) in [4.78, 5) is 4.23. The van der Waals surface area contributed by atoms with Gasteiger partial charge in [0.05, 0.1) is 19.8 Å². The van der Waals surface area contributed by atoms with E-state index < -0.39 is 0 Å². The molecule has 1 heterocycles. The number of hydrogen-bond acceptors (Lipinski definition) is 7. The van der Waals surface area contributed by atoms with Gasteiger partial charge in [-0.3, -0.25) is 0 Å². The SMILES string of the molecule is CCOCc1noc(-c2cc(OC)c(OC)cc2N)n1. The minimum absolute atomic E-state index is 0.299. The third-order valence-corrected chi connectivity index (χ3v) is 2.69. The van der Waals surface area contributed by atoms with Gasteiger partial charge in [-0.25, -0.2) is 0 Å². The minimum Gasteiger partial charge on any atom is -0.493 e. The zero-order valence-corrected chi connectivity index (χ0v) is 11.7. The standard InChI is InChI=1S/C13H17N3O4/c1-4-19-7-12-15-13(20-16-12)8-5-10(17-2)11(18-3)6-9(8)14/h5-6H,4,7,14H2,1-3H3. The van der Waals surface area contributed by atoms with Crippen LogP contribution in [0.3, 0.4) is 0 Å². The Morgan fingerprint density at radius 1 is 1.20 bits per heavy atom. The Labute approximate surface area is 116 Å². The first-order valence-corrected chi connectivity index (χ1v) is 6.11. The van der Waals surface area contributed by atoms with Crippen molar-refractivity contribution >= 4 is 5.69 Å². The van der Waals surface area contributed by atoms with Gasteiger partial charge in [0.2, 0.25) is 0 Å². The largest absolute Gasteiger partial charge is 0.493 e. The fourth-order valence-corrected chi connectivity index (χ4v) is 1.70. The maximum atomic E-state index is 5.97. The maximum Gasteiger partial charge on any atom is 0.260 e. The first-order valence-electron chi connectivity index (χ1n) is 6.11. The molecule has 20 heavy (non-hydrogen) atoms. The van der Waals surface area contributed by atoms with Gasteiger partial charge in [-0.2, -0.15) is 4.98 Å². The molecular weight excluding hydrogens is 262 g/mol. The van der Waals surface area contributed by atoms with Gasteiger partial charge >= 0.3 is 0 Å². The van der Waals surface area contributed by atoms with Gasteiger partial charge in [0.15, 0.2) is 17.3 Å². The molecule has 0 saturated heterocycles. The fraction of sp³-hybridized carbons (Fsp3) is 0.385. The monoisotopic (exact) mass is 279 g/mol. The third kappa shape index (κ3) is 2.83. The molecular formula is C13H17N3O4. The molecule has 0 unspecified atom stereocenters. The molecule has 7 heteroatoms. The van der Waals surface area contributed by atoms with Gasteiger partial charge in [0.25, 0.3) is 5.89 Å². The van der Waals surface area contributed by atoms with Gasteiger partial charge in [0, 0.05) is 18.4 Å². The molecule has 2 rings (SSSR count). The highest BCUT2D eigenvalue weighted by atomic mass is 16.5. The van der Waals surface area contributed by atoms with Crippen molar-refractivity contribution in [3.8, 4) is 23.0 Å². The number of rotatable bonds is 6. The van der Waals surface area contributed by atoms with Crippen LogP contribution < -0.4 is 15.2 Å². The van der Waals surface area contributed by atoms with Crippen LogP contribution in [0.2, 0.25) is 0 Å². The summed E-state index contributed by atoms with van der Waals surface area (Å²) in [6.45, 7) is 2.78. The van der Waals surface area contributed by atoms with Crippen LogP contribution in [-0.2, 0) is 11.3 Å². The molecule has 0 saturated carbocycles. The van der Waals surface area contributed by atoms with Crippen molar-refractivity contribution in [3.63, 3.8) is 0 Å². The van der Waals surface area contributed by atoms with E-state index >= 15 is 0 Å². The van der Waals surface area contributed by atoms with Gasteiger partial charge in [-0.15, -0.1) is 0 Å². The Bertz CT molecular complexity index is 583. The van der Waals surface area contributed by atoms with Crippen molar-refractivity contribution in [2.45, 2.75) is 13.5 Å². The van der Waals surface area contributed by atoms with Crippen LogP contribution in [0.5, 0.6) is 11.5 Å². The number of nitrogens with zero attached hydrogens (tertiary/aromatic N) is 2. The fourth-order valence-electron chi connectivity index (χ4n) is 1.70. The molecule has 2 aromatic rings. The highest BCUT2D eigenvalue weighted by Gasteiger charge is 2.16. The lowest BCUT2D eigenvalue weighted by Crippen LogP contribution is -1.97. The van der Waals surface area contributed by atoms with Crippen molar-refractivity contribution in [1.29, 1.82) is 0 Å². The minimum atomic E-state index is 0.299. The molecule has 1 aromatic carbocycles. The Hall–Kier alpha value is -2.28. The van der Waals surface area contributed by atoms with E-state index in [4.69, 9.17) is 24.5 Å². The topological polar surface area (TPSA) is 92.6 Å². The lowest BCUT2D eigenvalue weighted by Gasteiger charge is -2.10. The number of hydrogen-bond donors (Lipinski definition) is 1. The predicted molar refractivity (Wildman–Crippen MR) is 72.6 cm³/mol. The summed E-state index contributed by atoms with van der Waals surface area (Å²) in [6, 6.07) is 3.35. The summed E-state index contributed by atoms with van der Waals surface area (Å²) < 4.78 is 20.8. The van der Waals surface area contributed by atoms with Crippen molar-refractivity contribution in [2.75, 3.05) is 26.6 Å². The van der Waals surface area contributed by atoms with E-state index in [1.165, 1.54) is 0 Å². The lowest BCUT2D eigenvalue weighted by atomic mass is 10.1. The second kappa shape index (κ2) is 6.25. The van der Waals surface area contributed by atoms with Gasteiger partial charge in [0.1, 0.15) is 6.61 Å². The maximum absolute atomic E-state index is 5.97. The summed E-state index contributed by atoms with van der Waals surface area (Å²) in [7, 11) is 3.09.